The van der Waals surface area contributed by atoms with Crippen molar-refractivity contribution in [3.8, 4) is 11.5 Å². The summed E-state index contributed by atoms with van der Waals surface area (Å²) < 4.78 is 0. The minimum atomic E-state index is -2.03. The van der Waals surface area contributed by atoms with Gasteiger partial charge in [-0.05, 0) is 53.3 Å². The second kappa shape index (κ2) is 29.5. The molecule has 3 aromatic carbocycles. The quantitative estimate of drug-likeness (QED) is 0.0327. The first-order valence-corrected chi connectivity index (χ1v) is 23.3. The number of carboxylic acids is 5. The SMILES string of the molecule is CC(C)C[C@H](NC(=O)[C@H](CC(=O)O)NC(=O)[C@@H](N)CC(=O)O)C(=O)N[C@@H](CC(=O)O)C(=O)N[C@@H](Cc1ccc(O)cc1)C(=O)N[C@@H](Cc1ccccc1)C(=O)N[C@@H](CC(=O)O)C(=O)N[C@@H](Cc1ccc(O)cc1)C(=O)O. The van der Waals surface area contributed by atoms with Crippen molar-refractivity contribution >= 4 is 71.2 Å². The molecule has 7 amide bonds. The van der Waals surface area contributed by atoms with Crippen molar-refractivity contribution in [2.24, 2.45) is 11.7 Å². The first kappa shape index (κ1) is 61.2. The van der Waals surface area contributed by atoms with Gasteiger partial charge in [0.25, 0.3) is 0 Å². The molecular weight excluding hydrogens is 1000 g/mol. The van der Waals surface area contributed by atoms with Gasteiger partial charge in [-0.25, -0.2) is 4.79 Å². The van der Waals surface area contributed by atoms with E-state index in [2.05, 4.69) is 31.9 Å². The molecule has 0 fully saturated rings. The minimum Gasteiger partial charge on any atom is -0.508 e. The van der Waals surface area contributed by atoms with Gasteiger partial charge in [-0.1, -0.05) is 68.4 Å². The third kappa shape index (κ3) is 21.5. The fraction of sp³-hybridized carbons (Fsp3) is 0.388. The van der Waals surface area contributed by atoms with Gasteiger partial charge in [0.05, 0.1) is 31.7 Å². The molecule has 0 bridgehead atoms. The first-order valence-electron chi connectivity index (χ1n) is 23.3. The van der Waals surface area contributed by atoms with Gasteiger partial charge in [0.15, 0.2) is 0 Å². The highest BCUT2D eigenvalue weighted by molar-refractivity contribution is 5.99. The molecule has 0 aliphatic heterocycles. The fourth-order valence-electron chi connectivity index (χ4n) is 7.25. The van der Waals surface area contributed by atoms with Crippen molar-refractivity contribution in [3.05, 3.63) is 95.6 Å². The molecule has 27 heteroatoms. The average Bonchev–Trinajstić information content (AvgIpc) is 3.33. The minimum absolute atomic E-state index is 0.125. The van der Waals surface area contributed by atoms with Crippen LogP contribution in [-0.2, 0) is 76.8 Å². The number of benzene rings is 3. The van der Waals surface area contributed by atoms with Crippen molar-refractivity contribution in [1.29, 1.82) is 0 Å². The number of carbonyl (C=O) groups excluding carboxylic acids is 7. The van der Waals surface area contributed by atoms with Crippen LogP contribution in [0.3, 0.4) is 0 Å². The number of aromatic hydroxyl groups is 2. The zero-order chi connectivity index (χ0) is 56.8. The van der Waals surface area contributed by atoms with Crippen molar-refractivity contribution in [2.75, 3.05) is 0 Å². The number of amides is 7. The second-order valence-corrected chi connectivity index (χ2v) is 17.8. The maximum Gasteiger partial charge on any atom is 0.326 e. The highest BCUT2D eigenvalue weighted by atomic mass is 16.4. The van der Waals surface area contributed by atoms with Gasteiger partial charge < -0.3 is 78.7 Å². The van der Waals surface area contributed by atoms with E-state index < -0.39 is 158 Å². The van der Waals surface area contributed by atoms with Gasteiger partial charge >= 0.3 is 29.8 Å². The maximum atomic E-state index is 14.4. The summed E-state index contributed by atoms with van der Waals surface area (Å²) in [7, 11) is 0. The van der Waals surface area contributed by atoms with Gasteiger partial charge in [-0.2, -0.15) is 0 Å². The molecule has 3 rings (SSSR count). The van der Waals surface area contributed by atoms with Gasteiger partial charge in [0.2, 0.25) is 41.4 Å². The van der Waals surface area contributed by atoms with Crippen molar-refractivity contribution in [3.63, 3.8) is 0 Å². The fourth-order valence-corrected chi connectivity index (χ4v) is 7.25. The van der Waals surface area contributed by atoms with Gasteiger partial charge in [0, 0.05) is 19.3 Å². The van der Waals surface area contributed by atoms with Crippen LogP contribution < -0.4 is 43.0 Å². The average molecular weight is 1070 g/mol. The lowest BCUT2D eigenvalue weighted by molar-refractivity contribution is -0.144. The molecule has 76 heavy (non-hydrogen) atoms. The summed E-state index contributed by atoms with van der Waals surface area (Å²) in [6.07, 6.45) is -5.51. The number of nitrogens with one attached hydrogen (secondary N) is 7. The summed E-state index contributed by atoms with van der Waals surface area (Å²) in [6.45, 7) is 3.20. The van der Waals surface area contributed by atoms with Crippen LogP contribution in [0.5, 0.6) is 11.5 Å². The monoisotopic (exact) mass is 1060 g/mol. The Morgan fingerprint density at radius 1 is 0.382 bits per heavy atom. The van der Waals surface area contributed by atoms with Gasteiger partial charge in [-0.3, -0.25) is 52.7 Å². The number of hydrogen-bond donors (Lipinski definition) is 15. The van der Waals surface area contributed by atoms with E-state index in [4.69, 9.17) is 10.8 Å². The second-order valence-electron chi connectivity index (χ2n) is 17.8. The number of phenolic OH excluding ortho intramolecular Hbond substituents is 2. The summed E-state index contributed by atoms with van der Waals surface area (Å²) in [6, 6.07) is 4.06. The largest absolute Gasteiger partial charge is 0.508 e. The molecule has 8 atom stereocenters. The standard InChI is InChI=1S/C49H60N8O19/c1-24(2)16-31(52-46(72)34(21-39(62)63)51-42(68)30(50)20-38(60)61)43(69)55-35(22-40(64)65)47(73)54-33(18-26-8-12-28(58)13-9-26)44(70)53-32(17-25-6-4-3-5-7-25)45(71)56-36(23-41(66)67)48(74)57-37(49(75)76)19-27-10-14-29(59)15-11-27/h3-15,24,30-37,58-59H,16-23,50H2,1-2H3,(H,51,68)(H,52,72)(H,53,70)(H,54,73)(H,55,69)(H,56,71)(H,57,74)(H,60,61)(H,62,63)(H,64,65)(H,66,67)(H,75,76)/t30-,31-,32-,33-,34-,35-,36-,37-/m0/s1. The first-order chi connectivity index (χ1) is 35.7. The highest BCUT2D eigenvalue weighted by Crippen LogP contribution is 2.15. The number of carbonyl (C=O) groups is 12. The van der Waals surface area contributed by atoms with Gasteiger partial charge in [-0.15, -0.1) is 0 Å². The molecule has 0 saturated carbocycles. The molecule has 0 radical (unpaired) electrons. The van der Waals surface area contributed by atoms with E-state index in [1.807, 2.05) is 5.32 Å². The molecule has 3 aromatic rings. The lowest BCUT2D eigenvalue weighted by Gasteiger charge is -2.28. The predicted octanol–water partition coefficient (Wildman–Crippen LogP) is -2.12. The summed E-state index contributed by atoms with van der Waals surface area (Å²) >= 11 is 0. The normalized spacial score (nSPS) is 14.1. The topological polar surface area (TPSA) is 457 Å². The number of hydrogen-bond acceptors (Lipinski definition) is 15. The molecule has 0 aromatic heterocycles. The van der Waals surface area contributed by atoms with E-state index in [0.29, 0.717) is 11.1 Å². The Hall–Kier alpha value is -9.14. The van der Waals surface area contributed by atoms with E-state index in [-0.39, 0.29) is 36.3 Å². The molecule has 0 spiro atoms. The highest BCUT2D eigenvalue weighted by Gasteiger charge is 2.36. The van der Waals surface area contributed by atoms with Crippen LogP contribution in [0, 0.1) is 5.92 Å². The van der Waals surface area contributed by atoms with Crippen LogP contribution in [0.4, 0.5) is 0 Å². The van der Waals surface area contributed by atoms with Crippen LogP contribution in [0.15, 0.2) is 78.9 Å². The summed E-state index contributed by atoms with van der Waals surface area (Å²) in [4.78, 5) is 155. The maximum absolute atomic E-state index is 14.4. The van der Waals surface area contributed by atoms with E-state index in [9.17, 15) is 88.2 Å². The third-order valence-corrected chi connectivity index (χ3v) is 11.0. The van der Waals surface area contributed by atoms with E-state index in [1.54, 1.807) is 44.2 Å². The molecule has 0 heterocycles. The number of phenols is 2. The smallest absolute Gasteiger partial charge is 0.326 e. The summed E-state index contributed by atoms with van der Waals surface area (Å²) in [5.41, 5.74) is 6.60. The zero-order valence-corrected chi connectivity index (χ0v) is 41.0. The molecule has 0 aliphatic rings. The Morgan fingerprint density at radius 2 is 0.671 bits per heavy atom. The molecule has 410 valence electrons. The number of rotatable bonds is 31. The number of nitrogens with two attached hydrogens (primary N) is 1. The summed E-state index contributed by atoms with van der Waals surface area (Å²) in [5, 5.41) is 83.3. The van der Waals surface area contributed by atoms with Gasteiger partial charge in [0.1, 0.15) is 53.8 Å². The molecule has 0 unspecified atom stereocenters. The molecular formula is C49H60N8O19. The lowest BCUT2D eigenvalue weighted by atomic mass is 10.0. The van der Waals surface area contributed by atoms with Crippen LogP contribution >= 0.6 is 0 Å². The molecule has 27 nitrogen and oxygen atoms in total. The van der Waals surface area contributed by atoms with Crippen molar-refractivity contribution in [2.45, 2.75) is 114 Å². The zero-order valence-electron chi connectivity index (χ0n) is 41.0. The summed E-state index contributed by atoms with van der Waals surface area (Å²) in [5.74, 6) is -17.1. The Balaban J connectivity index is 1.98. The Kier molecular flexibility index (Phi) is 23.8. The Morgan fingerprint density at radius 3 is 1.03 bits per heavy atom. The molecule has 0 saturated heterocycles. The van der Waals surface area contributed by atoms with E-state index in [0.717, 1.165) is 0 Å². The van der Waals surface area contributed by atoms with Crippen LogP contribution in [0.25, 0.3) is 0 Å². The Labute approximate surface area is 433 Å². The van der Waals surface area contributed by atoms with Crippen LogP contribution in [0.2, 0.25) is 0 Å². The molecule has 0 aliphatic carbocycles. The lowest BCUT2D eigenvalue weighted by Crippen LogP contribution is -2.61. The van der Waals surface area contributed by atoms with E-state index in [1.165, 1.54) is 48.5 Å². The Bertz CT molecular complexity index is 2580. The third-order valence-electron chi connectivity index (χ3n) is 11.0. The van der Waals surface area contributed by atoms with Crippen LogP contribution in [-0.4, -0.2) is 155 Å². The molecule has 16 N–H and O–H groups in total. The predicted molar refractivity (Wildman–Crippen MR) is 261 cm³/mol. The van der Waals surface area contributed by atoms with E-state index >= 15 is 0 Å². The van der Waals surface area contributed by atoms with Crippen molar-refractivity contribution < 1.29 is 93.3 Å². The van der Waals surface area contributed by atoms with Crippen molar-refractivity contribution in [1.82, 2.24) is 37.2 Å². The number of aliphatic carboxylic acids is 5. The number of carboxylic acid groups (broad SMARTS) is 5. The van der Waals surface area contributed by atoms with Crippen LogP contribution in [0.1, 0.15) is 62.6 Å².